The second-order valence-electron chi connectivity index (χ2n) is 7.13. The Labute approximate surface area is 143 Å². The summed E-state index contributed by atoms with van der Waals surface area (Å²) < 4.78 is 40.9. The van der Waals surface area contributed by atoms with Crippen molar-refractivity contribution in [3.8, 4) is 6.07 Å². The van der Waals surface area contributed by atoms with Gasteiger partial charge >= 0.3 is 0 Å². The Bertz CT molecular complexity index is 764. The summed E-state index contributed by atoms with van der Waals surface area (Å²) in [6.07, 6.45) is 4.70. The zero-order valence-corrected chi connectivity index (χ0v) is 14.8. The quantitative estimate of drug-likeness (QED) is 0.832. The summed E-state index contributed by atoms with van der Waals surface area (Å²) >= 11 is 0. The Morgan fingerprint density at radius 2 is 2.04 bits per heavy atom. The van der Waals surface area contributed by atoms with Crippen LogP contribution < -0.4 is 0 Å². The van der Waals surface area contributed by atoms with Crippen LogP contribution in [0.2, 0.25) is 0 Å². The Kier molecular flexibility index (Phi) is 4.67. The van der Waals surface area contributed by atoms with E-state index in [2.05, 4.69) is 6.07 Å². The minimum absolute atomic E-state index is 0.0900. The summed E-state index contributed by atoms with van der Waals surface area (Å²) in [5, 5.41) is 9.51. The van der Waals surface area contributed by atoms with E-state index in [1.807, 2.05) is 6.92 Å². The number of benzene rings is 1. The van der Waals surface area contributed by atoms with Crippen LogP contribution in [0.4, 0.5) is 4.39 Å². The van der Waals surface area contributed by atoms with Crippen molar-refractivity contribution in [3.05, 3.63) is 35.1 Å². The van der Waals surface area contributed by atoms with Gasteiger partial charge in [-0.25, -0.2) is 12.8 Å². The third-order valence-corrected chi connectivity index (χ3v) is 7.48. The maximum atomic E-state index is 13.4. The molecule has 1 aromatic carbocycles. The van der Waals surface area contributed by atoms with E-state index in [4.69, 9.17) is 0 Å². The molecule has 1 atom stereocenters. The van der Waals surface area contributed by atoms with Gasteiger partial charge in [0.2, 0.25) is 10.0 Å². The average Bonchev–Trinajstić information content (AvgIpc) is 3.17. The molecule has 1 saturated carbocycles. The van der Waals surface area contributed by atoms with Gasteiger partial charge in [-0.05, 0) is 55.9 Å². The molecule has 0 N–H and O–H groups in total. The van der Waals surface area contributed by atoms with Gasteiger partial charge in [0.05, 0.1) is 17.2 Å². The van der Waals surface area contributed by atoms with E-state index in [0.717, 1.165) is 36.8 Å². The smallest absolute Gasteiger partial charge is 0.212 e. The molecule has 0 radical (unpaired) electrons. The number of nitrogens with zero attached hydrogens (tertiary/aromatic N) is 2. The van der Waals surface area contributed by atoms with Gasteiger partial charge < -0.3 is 0 Å². The summed E-state index contributed by atoms with van der Waals surface area (Å²) in [6, 6.07) is 6.56. The van der Waals surface area contributed by atoms with Crippen LogP contribution in [0.25, 0.3) is 0 Å². The molecule has 0 amide bonds. The predicted molar refractivity (Wildman–Crippen MR) is 90.1 cm³/mol. The van der Waals surface area contributed by atoms with E-state index in [1.54, 1.807) is 10.4 Å². The van der Waals surface area contributed by atoms with Crippen molar-refractivity contribution in [3.63, 3.8) is 0 Å². The lowest BCUT2D eigenvalue weighted by Gasteiger charge is -2.29. The fraction of sp³-hybridized carbons (Fsp3) is 0.611. The van der Waals surface area contributed by atoms with Gasteiger partial charge in [0.15, 0.2) is 0 Å². The molecule has 1 aliphatic carbocycles. The first-order valence-corrected chi connectivity index (χ1v) is 10.1. The lowest BCUT2D eigenvalue weighted by atomic mass is 9.91. The number of hydrogen-bond donors (Lipinski definition) is 0. The summed E-state index contributed by atoms with van der Waals surface area (Å²) in [7, 11) is -3.52. The van der Waals surface area contributed by atoms with Crippen LogP contribution in [-0.2, 0) is 10.0 Å². The predicted octanol–water partition coefficient (Wildman–Crippen LogP) is 3.68. The molecule has 6 heteroatoms. The minimum Gasteiger partial charge on any atom is -0.212 e. The first-order valence-electron chi connectivity index (χ1n) is 8.54. The maximum absolute atomic E-state index is 13.4. The number of hydrogen-bond acceptors (Lipinski definition) is 3. The largest absolute Gasteiger partial charge is 0.216 e. The molecule has 0 aromatic heterocycles. The normalized spacial score (nSPS) is 24.1. The first kappa shape index (κ1) is 17.4. The van der Waals surface area contributed by atoms with Crippen LogP contribution in [-0.4, -0.2) is 25.0 Å². The molecule has 2 fully saturated rings. The minimum atomic E-state index is -3.52. The molecule has 3 rings (SSSR count). The van der Waals surface area contributed by atoms with Gasteiger partial charge in [-0.2, -0.15) is 9.57 Å². The van der Waals surface area contributed by atoms with Crippen LogP contribution in [0.1, 0.15) is 55.7 Å². The molecule has 0 bridgehead atoms. The van der Waals surface area contributed by atoms with Crippen molar-refractivity contribution in [2.45, 2.75) is 51.5 Å². The van der Waals surface area contributed by atoms with Gasteiger partial charge in [-0.3, -0.25) is 0 Å². The third-order valence-electron chi connectivity index (χ3n) is 5.41. The molecule has 24 heavy (non-hydrogen) atoms. The number of rotatable bonds is 4. The van der Waals surface area contributed by atoms with Crippen LogP contribution in [0.3, 0.4) is 0 Å². The Morgan fingerprint density at radius 1 is 1.33 bits per heavy atom. The monoisotopic (exact) mass is 350 g/mol. The highest BCUT2D eigenvalue weighted by atomic mass is 32.2. The molecular weight excluding hydrogens is 327 g/mol. The third kappa shape index (κ3) is 3.20. The first-order chi connectivity index (χ1) is 11.4. The second-order valence-corrected chi connectivity index (χ2v) is 9.05. The molecular formula is C18H23FN2O2S. The molecule has 1 saturated heterocycles. The van der Waals surface area contributed by atoms with E-state index >= 15 is 0 Å². The summed E-state index contributed by atoms with van der Waals surface area (Å²) in [5.41, 5.74) is 0.914. The van der Waals surface area contributed by atoms with Crippen molar-refractivity contribution < 1.29 is 12.8 Å². The van der Waals surface area contributed by atoms with Gasteiger partial charge in [0.25, 0.3) is 0 Å². The molecule has 1 heterocycles. The van der Waals surface area contributed by atoms with Gasteiger partial charge in [0.1, 0.15) is 5.82 Å². The Morgan fingerprint density at radius 3 is 2.67 bits per heavy atom. The number of aryl methyl sites for hydroxylation is 1. The molecule has 1 aliphatic heterocycles. The number of halogens is 1. The second kappa shape index (κ2) is 6.45. The SMILES string of the molecule is Cc1cc(F)ccc1[C@@H]1CCCN1S(=O)(=O)CC1(C#N)CCCC1. The van der Waals surface area contributed by atoms with E-state index in [9.17, 15) is 18.1 Å². The average molecular weight is 350 g/mol. The van der Waals surface area contributed by atoms with E-state index in [1.165, 1.54) is 12.1 Å². The van der Waals surface area contributed by atoms with E-state index in [-0.39, 0.29) is 17.6 Å². The van der Waals surface area contributed by atoms with Crippen LogP contribution in [0, 0.1) is 29.5 Å². The van der Waals surface area contributed by atoms with Crippen molar-refractivity contribution in [2.24, 2.45) is 5.41 Å². The highest BCUT2D eigenvalue weighted by molar-refractivity contribution is 7.89. The topological polar surface area (TPSA) is 61.2 Å². The van der Waals surface area contributed by atoms with E-state index in [0.29, 0.717) is 19.4 Å². The fourth-order valence-electron chi connectivity index (χ4n) is 4.17. The van der Waals surface area contributed by atoms with Crippen molar-refractivity contribution in [1.29, 1.82) is 5.26 Å². The lowest BCUT2D eigenvalue weighted by Crippen LogP contribution is -2.38. The zero-order valence-electron chi connectivity index (χ0n) is 14.0. The van der Waals surface area contributed by atoms with Crippen LogP contribution >= 0.6 is 0 Å². The molecule has 1 aromatic rings. The van der Waals surface area contributed by atoms with Crippen molar-refractivity contribution in [2.75, 3.05) is 12.3 Å². The van der Waals surface area contributed by atoms with Crippen LogP contribution in [0.5, 0.6) is 0 Å². The summed E-state index contributed by atoms with van der Waals surface area (Å²) in [5.74, 6) is -0.397. The highest BCUT2D eigenvalue weighted by Gasteiger charge is 2.43. The Hall–Kier alpha value is -1.45. The van der Waals surface area contributed by atoms with Crippen molar-refractivity contribution >= 4 is 10.0 Å². The van der Waals surface area contributed by atoms with Gasteiger partial charge in [-0.1, -0.05) is 18.9 Å². The van der Waals surface area contributed by atoms with E-state index < -0.39 is 15.4 Å². The molecule has 2 aliphatic rings. The lowest BCUT2D eigenvalue weighted by molar-refractivity contribution is 0.375. The highest BCUT2D eigenvalue weighted by Crippen LogP contribution is 2.42. The summed E-state index contributed by atoms with van der Waals surface area (Å²) in [4.78, 5) is 0. The summed E-state index contributed by atoms with van der Waals surface area (Å²) in [6.45, 7) is 2.29. The standard InChI is InChI=1S/C18H23FN2O2S/c1-14-11-15(19)6-7-16(14)17-5-4-10-21(17)24(22,23)13-18(12-20)8-2-3-9-18/h6-7,11,17H,2-5,8-10,13H2,1H3/t17-/m0/s1. The van der Waals surface area contributed by atoms with Gasteiger partial charge in [0, 0.05) is 12.6 Å². The molecule has 0 spiro atoms. The van der Waals surface area contributed by atoms with Crippen LogP contribution in [0.15, 0.2) is 18.2 Å². The number of sulfonamides is 1. The molecule has 4 nitrogen and oxygen atoms in total. The Balaban J connectivity index is 1.88. The fourth-order valence-corrected chi connectivity index (χ4v) is 6.40. The molecule has 130 valence electrons. The number of nitriles is 1. The van der Waals surface area contributed by atoms with Crippen molar-refractivity contribution in [1.82, 2.24) is 4.31 Å². The molecule has 0 unspecified atom stereocenters. The maximum Gasteiger partial charge on any atom is 0.216 e. The van der Waals surface area contributed by atoms with Gasteiger partial charge in [-0.15, -0.1) is 0 Å². The zero-order chi connectivity index (χ0) is 17.4.